The Morgan fingerprint density at radius 3 is 2.53 bits per heavy atom. The summed E-state index contributed by atoms with van der Waals surface area (Å²) in [6, 6.07) is 11.8. The van der Waals surface area contributed by atoms with E-state index in [1.807, 2.05) is 6.92 Å². The Kier molecular flexibility index (Phi) is 3.61. The summed E-state index contributed by atoms with van der Waals surface area (Å²) in [7, 11) is 0. The van der Waals surface area contributed by atoms with Crippen LogP contribution in [0.1, 0.15) is 26.3 Å². The number of ether oxygens (including phenoxy) is 1. The first kappa shape index (κ1) is 12.8. The van der Waals surface area contributed by atoms with E-state index in [0.29, 0.717) is 22.6 Å². The molecule has 0 aliphatic carbocycles. The molecule has 0 heterocycles. The fourth-order valence-corrected chi connectivity index (χ4v) is 1.71. The predicted octanol–water partition coefficient (Wildman–Crippen LogP) is 2.70. The van der Waals surface area contributed by atoms with Crippen LogP contribution >= 0.6 is 0 Å². The number of para-hydroxylation sites is 1. The van der Waals surface area contributed by atoms with E-state index >= 15 is 0 Å². The number of amides is 1. The van der Waals surface area contributed by atoms with E-state index in [1.54, 1.807) is 42.5 Å². The number of hydrogen-bond donors (Lipinski definition) is 1. The summed E-state index contributed by atoms with van der Waals surface area (Å²) in [5.74, 6) is 0.578. The molecule has 1 amide bonds. The summed E-state index contributed by atoms with van der Waals surface area (Å²) in [5, 5.41) is 0. The molecule has 2 N–H and O–H groups in total. The normalized spacial score (nSPS) is 9.95. The molecule has 0 unspecified atom stereocenters. The smallest absolute Gasteiger partial charge is 0.248 e. The Hall–Kier alpha value is -2.62. The van der Waals surface area contributed by atoms with Crippen LogP contribution in [-0.4, -0.2) is 12.2 Å². The van der Waals surface area contributed by atoms with E-state index in [1.165, 1.54) is 0 Å². The fraction of sp³-hybridized carbons (Fsp3) is 0.0667. The highest BCUT2D eigenvalue weighted by atomic mass is 16.5. The molecule has 0 saturated heterocycles. The number of carbonyl (C=O) groups is 2. The zero-order chi connectivity index (χ0) is 13.8. The van der Waals surface area contributed by atoms with Gasteiger partial charge in [0.05, 0.1) is 5.56 Å². The molecule has 2 aromatic carbocycles. The molecule has 4 heteroatoms. The van der Waals surface area contributed by atoms with Gasteiger partial charge in [-0.05, 0) is 42.8 Å². The van der Waals surface area contributed by atoms with Crippen molar-refractivity contribution in [2.24, 2.45) is 5.73 Å². The lowest BCUT2D eigenvalue weighted by molar-refractivity contribution is 0.0999. The fourth-order valence-electron chi connectivity index (χ4n) is 1.71. The van der Waals surface area contributed by atoms with Crippen LogP contribution in [0.5, 0.6) is 11.5 Å². The molecule has 0 bridgehead atoms. The van der Waals surface area contributed by atoms with Gasteiger partial charge in [-0.1, -0.05) is 12.1 Å². The predicted molar refractivity (Wildman–Crippen MR) is 71.6 cm³/mol. The largest absolute Gasteiger partial charge is 0.456 e. The first-order valence-electron chi connectivity index (χ1n) is 5.74. The van der Waals surface area contributed by atoms with Crippen molar-refractivity contribution in [3.8, 4) is 11.5 Å². The molecule has 0 spiro atoms. The Bertz CT molecular complexity index is 635. The van der Waals surface area contributed by atoms with Crippen LogP contribution in [0, 0.1) is 6.92 Å². The number of primary amides is 1. The van der Waals surface area contributed by atoms with Crippen LogP contribution < -0.4 is 10.5 Å². The van der Waals surface area contributed by atoms with Crippen LogP contribution in [0.15, 0.2) is 42.5 Å². The number of carbonyl (C=O) groups excluding carboxylic acids is 2. The van der Waals surface area contributed by atoms with Gasteiger partial charge in [0.2, 0.25) is 5.91 Å². The number of benzene rings is 2. The number of aryl methyl sites for hydroxylation is 1. The Morgan fingerprint density at radius 1 is 1.16 bits per heavy atom. The molecule has 2 rings (SSSR count). The van der Waals surface area contributed by atoms with Gasteiger partial charge < -0.3 is 10.5 Å². The van der Waals surface area contributed by atoms with Crippen molar-refractivity contribution in [3.63, 3.8) is 0 Å². The molecule has 0 aliphatic heterocycles. The topological polar surface area (TPSA) is 69.4 Å². The van der Waals surface area contributed by atoms with E-state index in [9.17, 15) is 9.59 Å². The highest BCUT2D eigenvalue weighted by Crippen LogP contribution is 2.27. The van der Waals surface area contributed by atoms with Gasteiger partial charge in [0.15, 0.2) is 6.29 Å². The second-order valence-electron chi connectivity index (χ2n) is 4.10. The minimum atomic E-state index is -0.483. The Labute approximate surface area is 110 Å². The zero-order valence-electron chi connectivity index (χ0n) is 10.4. The molecule has 2 aromatic rings. The van der Waals surface area contributed by atoms with Gasteiger partial charge in [-0.15, -0.1) is 0 Å². The molecular formula is C15H13NO3. The standard InChI is InChI=1S/C15H13NO3/c1-10-8-11(15(16)18)6-7-13(10)19-14-5-3-2-4-12(14)9-17/h2-9H,1H3,(H2,16,18). The van der Waals surface area contributed by atoms with E-state index in [2.05, 4.69) is 0 Å². The third-order valence-corrected chi connectivity index (χ3v) is 2.73. The number of aldehydes is 1. The lowest BCUT2D eigenvalue weighted by atomic mass is 10.1. The number of rotatable bonds is 4. The third-order valence-electron chi connectivity index (χ3n) is 2.73. The maximum absolute atomic E-state index is 11.1. The van der Waals surface area contributed by atoms with Crippen LogP contribution in [0.4, 0.5) is 0 Å². The quantitative estimate of drug-likeness (QED) is 0.854. The maximum Gasteiger partial charge on any atom is 0.248 e. The molecule has 0 aromatic heterocycles. The van der Waals surface area contributed by atoms with Crippen LogP contribution in [0.25, 0.3) is 0 Å². The first-order valence-corrected chi connectivity index (χ1v) is 5.74. The van der Waals surface area contributed by atoms with Gasteiger partial charge in [-0.25, -0.2) is 0 Å². The summed E-state index contributed by atoms with van der Waals surface area (Å²) in [5.41, 5.74) is 6.88. The van der Waals surface area contributed by atoms with Crippen LogP contribution in [0.3, 0.4) is 0 Å². The lowest BCUT2D eigenvalue weighted by Crippen LogP contribution is -2.10. The van der Waals surface area contributed by atoms with Crippen molar-refractivity contribution >= 4 is 12.2 Å². The summed E-state index contributed by atoms with van der Waals surface area (Å²) in [6.45, 7) is 1.81. The Morgan fingerprint density at radius 2 is 1.89 bits per heavy atom. The van der Waals surface area contributed by atoms with Crippen molar-refractivity contribution < 1.29 is 14.3 Å². The summed E-state index contributed by atoms with van der Waals surface area (Å²) < 4.78 is 5.68. The average Bonchev–Trinajstić information content (AvgIpc) is 2.41. The minimum absolute atomic E-state index is 0.425. The van der Waals surface area contributed by atoms with Gasteiger partial charge in [-0.2, -0.15) is 0 Å². The van der Waals surface area contributed by atoms with Gasteiger partial charge in [0.25, 0.3) is 0 Å². The van der Waals surface area contributed by atoms with E-state index in [-0.39, 0.29) is 0 Å². The first-order chi connectivity index (χ1) is 9.11. The van der Waals surface area contributed by atoms with Crippen molar-refractivity contribution in [2.45, 2.75) is 6.92 Å². The second-order valence-corrected chi connectivity index (χ2v) is 4.10. The minimum Gasteiger partial charge on any atom is -0.456 e. The summed E-state index contributed by atoms with van der Waals surface area (Å²) in [6.07, 6.45) is 0.739. The Balaban J connectivity index is 2.33. The molecule has 4 nitrogen and oxygen atoms in total. The maximum atomic E-state index is 11.1. The summed E-state index contributed by atoms with van der Waals surface area (Å²) >= 11 is 0. The van der Waals surface area contributed by atoms with Crippen LogP contribution in [-0.2, 0) is 0 Å². The molecule has 19 heavy (non-hydrogen) atoms. The molecule has 0 saturated carbocycles. The second kappa shape index (κ2) is 5.35. The molecule has 0 radical (unpaired) electrons. The third kappa shape index (κ3) is 2.80. The molecular weight excluding hydrogens is 242 g/mol. The number of nitrogens with two attached hydrogens (primary N) is 1. The molecule has 0 fully saturated rings. The average molecular weight is 255 g/mol. The molecule has 0 atom stereocenters. The number of hydrogen-bond acceptors (Lipinski definition) is 3. The van der Waals surface area contributed by atoms with Crippen molar-refractivity contribution in [1.29, 1.82) is 0 Å². The molecule has 96 valence electrons. The zero-order valence-corrected chi connectivity index (χ0v) is 10.4. The van der Waals surface area contributed by atoms with Crippen molar-refractivity contribution in [1.82, 2.24) is 0 Å². The van der Waals surface area contributed by atoms with Crippen molar-refractivity contribution in [3.05, 3.63) is 59.2 Å². The lowest BCUT2D eigenvalue weighted by Gasteiger charge is -2.10. The highest BCUT2D eigenvalue weighted by Gasteiger charge is 2.08. The van der Waals surface area contributed by atoms with E-state index < -0.39 is 5.91 Å². The molecule has 0 aliphatic rings. The SMILES string of the molecule is Cc1cc(C(N)=O)ccc1Oc1ccccc1C=O. The van der Waals surface area contributed by atoms with Crippen LogP contribution in [0.2, 0.25) is 0 Å². The highest BCUT2D eigenvalue weighted by molar-refractivity contribution is 5.93. The van der Waals surface area contributed by atoms with Gasteiger partial charge in [0.1, 0.15) is 11.5 Å². The summed E-state index contributed by atoms with van der Waals surface area (Å²) in [4.78, 5) is 22.0. The van der Waals surface area contributed by atoms with Gasteiger partial charge in [0, 0.05) is 5.56 Å². The van der Waals surface area contributed by atoms with Gasteiger partial charge >= 0.3 is 0 Å². The van der Waals surface area contributed by atoms with Crippen molar-refractivity contribution in [2.75, 3.05) is 0 Å². The van der Waals surface area contributed by atoms with Gasteiger partial charge in [-0.3, -0.25) is 9.59 Å². The monoisotopic (exact) mass is 255 g/mol. The van der Waals surface area contributed by atoms with E-state index in [4.69, 9.17) is 10.5 Å². The van der Waals surface area contributed by atoms with E-state index in [0.717, 1.165) is 11.8 Å².